The van der Waals surface area contributed by atoms with Gasteiger partial charge in [0.1, 0.15) is 5.82 Å². The molecule has 0 atom stereocenters. The molecule has 0 radical (unpaired) electrons. The summed E-state index contributed by atoms with van der Waals surface area (Å²) in [7, 11) is 0. The lowest BCUT2D eigenvalue weighted by Crippen LogP contribution is -1.98. The number of hydrogen-bond acceptors (Lipinski definition) is 4. The number of aryl methyl sites for hydroxylation is 1. The van der Waals surface area contributed by atoms with Gasteiger partial charge in [0, 0.05) is 18.0 Å². The molecule has 25 heavy (non-hydrogen) atoms. The zero-order valence-corrected chi connectivity index (χ0v) is 13.8. The van der Waals surface area contributed by atoms with Crippen LogP contribution in [-0.2, 0) is 0 Å². The van der Waals surface area contributed by atoms with Gasteiger partial charge < -0.3 is 5.32 Å². The van der Waals surface area contributed by atoms with Crippen LogP contribution < -0.4 is 5.32 Å². The fourth-order valence-electron chi connectivity index (χ4n) is 2.63. The van der Waals surface area contributed by atoms with Crippen LogP contribution in [0.5, 0.6) is 0 Å². The van der Waals surface area contributed by atoms with Gasteiger partial charge in [-0.05, 0) is 36.8 Å². The number of pyridine rings is 2. The molecule has 0 aliphatic rings. The van der Waals surface area contributed by atoms with Crippen molar-refractivity contribution < 1.29 is 0 Å². The Labute approximate surface area is 145 Å². The van der Waals surface area contributed by atoms with Crippen molar-refractivity contribution >= 4 is 11.5 Å². The lowest BCUT2D eigenvalue weighted by atomic mass is 10.0. The van der Waals surface area contributed by atoms with Crippen molar-refractivity contribution in [3.8, 4) is 22.5 Å². The van der Waals surface area contributed by atoms with Gasteiger partial charge in [-0.25, -0.2) is 4.98 Å². The Balaban J connectivity index is 1.81. The van der Waals surface area contributed by atoms with Gasteiger partial charge in [-0.15, -0.1) is 0 Å². The number of nitrogens with one attached hydrogen (secondary N) is 2. The molecule has 4 rings (SSSR count). The molecule has 4 aromatic rings. The molecule has 0 saturated carbocycles. The molecule has 5 nitrogen and oxygen atoms in total. The first kappa shape index (κ1) is 15.1. The van der Waals surface area contributed by atoms with Crippen molar-refractivity contribution in [1.29, 1.82) is 0 Å². The molecule has 0 unspecified atom stereocenters. The van der Waals surface area contributed by atoms with Gasteiger partial charge in [-0.3, -0.25) is 10.1 Å². The molecule has 0 fully saturated rings. The van der Waals surface area contributed by atoms with E-state index in [1.807, 2.05) is 24.3 Å². The fourth-order valence-corrected chi connectivity index (χ4v) is 2.63. The van der Waals surface area contributed by atoms with Crippen molar-refractivity contribution in [2.45, 2.75) is 6.92 Å². The average molecular weight is 327 g/mol. The van der Waals surface area contributed by atoms with Gasteiger partial charge in [0.25, 0.3) is 0 Å². The molecule has 122 valence electrons. The summed E-state index contributed by atoms with van der Waals surface area (Å²) in [5.41, 5.74) is 5.89. The highest BCUT2D eigenvalue weighted by Gasteiger charge is 2.11. The van der Waals surface area contributed by atoms with Crippen LogP contribution in [0, 0.1) is 6.92 Å². The van der Waals surface area contributed by atoms with E-state index >= 15 is 0 Å². The molecular formula is C20H17N5. The topological polar surface area (TPSA) is 66.5 Å². The number of hydrogen-bond donors (Lipinski definition) is 2. The second-order valence-electron chi connectivity index (χ2n) is 5.79. The number of rotatable bonds is 4. The van der Waals surface area contributed by atoms with E-state index in [2.05, 4.69) is 57.8 Å². The summed E-state index contributed by atoms with van der Waals surface area (Å²) < 4.78 is 0. The molecule has 2 N–H and O–H groups in total. The van der Waals surface area contributed by atoms with Crippen LogP contribution in [0.15, 0.2) is 73.2 Å². The number of aromatic amines is 1. The number of benzene rings is 1. The van der Waals surface area contributed by atoms with Crippen molar-refractivity contribution in [2.24, 2.45) is 0 Å². The molecule has 3 heterocycles. The highest BCUT2D eigenvalue weighted by molar-refractivity contribution is 5.80. The predicted molar refractivity (Wildman–Crippen MR) is 99.5 cm³/mol. The Morgan fingerprint density at radius 1 is 0.920 bits per heavy atom. The van der Waals surface area contributed by atoms with Crippen LogP contribution >= 0.6 is 0 Å². The van der Waals surface area contributed by atoms with Gasteiger partial charge >= 0.3 is 0 Å². The second kappa shape index (κ2) is 6.57. The maximum Gasteiger partial charge on any atom is 0.139 e. The van der Waals surface area contributed by atoms with Gasteiger partial charge in [-0.1, -0.05) is 35.9 Å². The Bertz CT molecular complexity index is 961. The molecule has 0 spiro atoms. The minimum absolute atomic E-state index is 0.772. The highest BCUT2D eigenvalue weighted by Crippen LogP contribution is 2.31. The summed E-state index contributed by atoms with van der Waals surface area (Å²) in [4.78, 5) is 9.19. The van der Waals surface area contributed by atoms with Crippen LogP contribution in [0.2, 0.25) is 0 Å². The molecule has 0 aliphatic carbocycles. The van der Waals surface area contributed by atoms with Crippen molar-refractivity contribution in [3.63, 3.8) is 0 Å². The zero-order valence-electron chi connectivity index (χ0n) is 13.8. The van der Waals surface area contributed by atoms with E-state index in [9.17, 15) is 0 Å². The number of anilines is 2. The van der Waals surface area contributed by atoms with Crippen molar-refractivity contribution in [2.75, 3.05) is 5.32 Å². The number of aromatic nitrogens is 4. The van der Waals surface area contributed by atoms with Gasteiger partial charge in [0.2, 0.25) is 0 Å². The first-order chi connectivity index (χ1) is 12.3. The maximum atomic E-state index is 4.80. The Morgan fingerprint density at radius 3 is 2.52 bits per heavy atom. The van der Waals surface area contributed by atoms with Gasteiger partial charge in [0.15, 0.2) is 0 Å². The molecular weight excluding hydrogens is 310 g/mol. The van der Waals surface area contributed by atoms with Crippen LogP contribution in [0.1, 0.15) is 5.56 Å². The summed E-state index contributed by atoms with van der Waals surface area (Å²) in [6.07, 6.45) is 5.30. The van der Waals surface area contributed by atoms with E-state index in [1.165, 1.54) is 5.56 Å². The Hall–Kier alpha value is -3.47. The first-order valence-corrected chi connectivity index (χ1v) is 8.05. The van der Waals surface area contributed by atoms with E-state index in [0.29, 0.717) is 0 Å². The largest absolute Gasteiger partial charge is 0.337 e. The second-order valence-corrected chi connectivity index (χ2v) is 5.79. The average Bonchev–Trinajstić information content (AvgIpc) is 3.16. The molecule has 0 saturated heterocycles. The lowest BCUT2D eigenvalue weighted by molar-refractivity contribution is 1.09. The smallest absolute Gasteiger partial charge is 0.139 e. The van der Waals surface area contributed by atoms with E-state index in [4.69, 9.17) is 4.98 Å². The standard InChI is InChI=1S/C20H17N5/c1-14-5-7-15(8-6-14)17-9-10-19(18-4-2-3-11-21-18)25-20(17)24-16-12-22-23-13-16/h2-13H,1H3,(H,22,23)(H,24,25). The fraction of sp³-hybridized carbons (Fsp3) is 0.0500. The summed E-state index contributed by atoms with van der Waals surface area (Å²) in [5.74, 6) is 0.772. The molecule has 0 amide bonds. The van der Waals surface area contributed by atoms with Crippen LogP contribution in [0.4, 0.5) is 11.5 Å². The van der Waals surface area contributed by atoms with Crippen LogP contribution in [0.25, 0.3) is 22.5 Å². The van der Waals surface area contributed by atoms with E-state index in [0.717, 1.165) is 34.0 Å². The van der Waals surface area contributed by atoms with Crippen molar-refractivity contribution in [3.05, 3.63) is 78.8 Å². The van der Waals surface area contributed by atoms with E-state index in [-0.39, 0.29) is 0 Å². The summed E-state index contributed by atoms with van der Waals surface area (Å²) in [6.45, 7) is 2.08. The predicted octanol–water partition coefficient (Wildman–Crippen LogP) is 4.59. The van der Waals surface area contributed by atoms with Crippen LogP contribution in [0.3, 0.4) is 0 Å². The zero-order chi connectivity index (χ0) is 17.1. The van der Waals surface area contributed by atoms with Crippen molar-refractivity contribution in [1.82, 2.24) is 20.2 Å². The lowest BCUT2D eigenvalue weighted by Gasteiger charge is -2.12. The minimum atomic E-state index is 0.772. The Morgan fingerprint density at radius 2 is 1.80 bits per heavy atom. The Kier molecular flexibility index (Phi) is 3.96. The molecule has 0 aliphatic heterocycles. The normalized spacial score (nSPS) is 10.6. The quantitative estimate of drug-likeness (QED) is 0.575. The van der Waals surface area contributed by atoms with Gasteiger partial charge in [0.05, 0.1) is 23.3 Å². The molecule has 0 bridgehead atoms. The first-order valence-electron chi connectivity index (χ1n) is 8.05. The monoisotopic (exact) mass is 327 g/mol. The summed E-state index contributed by atoms with van der Waals surface area (Å²) in [5, 5.41) is 10.1. The third-order valence-corrected chi connectivity index (χ3v) is 3.95. The molecule has 1 aromatic carbocycles. The van der Waals surface area contributed by atoms with Gasteiger partial charge in [-0.2, -0.15) is 5.10 Å². The van der Waals surface area contributed by atoms with Crippen LogP contribution in [-0.4, -0.2) is 20.2 Å². The summed E-state index contributed by atoms with van der Waals surface area (Å²) >= 11 is 0. The SMILES string of the molecule is Cc1ccc(-c2ccc(-c3ccccn3)nc2Nc2cn[nH]c2)cc1. The minimum Gasteiger partial charge on any atom is -0.337 e. The maximum absolute atomic E-state index is 4.80. The number of H-pyrrole nitrogens is 1. The van der Waals surface area contributed by atoms with E-state index in [1.54, 1.807) is 18.6 Å². The molecule has 3 aromatic heterocycles. The molecule has 5 heteroatoms. The number of nitrogens with zero attached hydrogens (tertiary/aromatic N) is 3. The third kappa shape index (κ3) is 3.26. The summed E-state index contributed by atoms with van der Waals surface area (Å²) in [6, 6.07) is 18.3. The third-order valence-electron chi connectivity index (χ3n) is 3.95. The van der Waals surface area contributed by atoms with E-state index < -0.39 is 0 Å². The highest BCUT2D eigenvalue weighted by atomic mass is 15.1.